The zero-order chi connectivity index (χ0) is 15.3. The molecule has 5 nitrogen and oxygen atoms in total. The molecule has 0 aliphatic heterocycles. The van der Waals surface area contributed by atoms with Crippen LogP contribution in [-0.2, 0) is 13.3 Å². The summed E-state index contributed by atoms with van der Waals surface area (Å²) in [6, 6.07) is 1.00. The minimum Gasteiger partial charge on any atom is -0.374 e. The minimum atomic E-state index is -2.51. The molecule has 0 saturated heterocycles. The van der Waals surface area contributed by atoms with E-state index in [4.69, 9.17) is 24.7 Å². The van der Waals surface area contributed by atoms with Crippen molar-refractivity contribution >= 4 is 8.80 Å². The molecule has 0 fully saturated rings. The average Bonchev–Trinajstić information content (AvgIpc) is 2.42. The molecular weight excluding hydrogens is 272 g/mol. The first kappa shape index (κ1) is 20.0. The molecule has 1 unspecified atom stereocenters. The Morgan fingerprint density at radius 2 is 1.40 bits per heavy atom. The van der Waals surface area contributed by atoms with Gasteiger partial charge in [0.25, 0.3) is 0 Å². The van der Waals surface area contributed by atoms with E-state index in [-0.39, 0.29) is 6.04 Å². The first-order valence-corrected chi connectivity index (χ1v) is 9.94. The molecule has 6 heteroatoms. The fourth-order valence-electron chi connectivity index (χ4n) is 2.24. The summed E-state index contributed by atoms with van der Waals surface area (Å²) in [6.45, 7) is 8.57. The Morgan fingerprint density at radius 3 is 1.85 bits per heavy atom. The summed E-state index contributed by atoms with van der Waals surface area (Å²) < 4.78 is 17.5. The highest BCUT2D eigenvalue weighted by Gasteiger charge is 2.40. The smallest absolute Gasteiger partial charge is 0.374 e. The molecule has 0 spiro atoms. The van der Waals surface area contributed by atoms with Gasteiger partial charge in [-0.25, -0.2) is 0 Å². The maximum atomic E-state index is 6.18. The molecular formula is C14H34N2O3Si. The SMILES string of the molecule is CCO[Si](CCC(N)CCCCCN)(OCC)OCC. The van der Waals surface area contributed by atoms with E-state index in [1.807, 2.05) is 20.8 Å². The first-order valence-electron chi connectivity index (χ1n) is 8.01. The third-order valence-electron chi connectivity index (χ3n) is 3.19. The van der Waals surface area contributed by atoms with E-state index in [1.165, 1.54) is 0 Å². The van der Waals surface area contributed by atoms with E-state index >= 15 is 0 Å². The van der Waals surface area contributed by atoms with Crippen LogP contribution in [-0.4, -0.2) is 41.2 Å². The van der Waals surface area contributed by atoms with Crippen LogP contribution in [0, 0.1) is 0 Å². The van der Waals surface area contributed by atoms with Crippen LogP contribution in [0.2, 0.25) is 6.04 Å². The molecule has 4 N–H and O–H groups in total. The van der Waals surface area contributed by atoms with Crippen molar-refractivity contribution in [2.24, 2.45) is 11.5 Å². The van der Waals surface area contributed by atoms with Gasteiger partial charge in [0.05, 0.1) is 0 Å². The molecule has 20 heavy (non-hydrogen) atoms. The van der Waals surface area contributed by atoms with Crippen molar-refractivity contribution in [2.45, 2.75) is 65.0 Å². The Kier molecular flexibility index (Phi) is 12.7. The minimum absolute atomic E-state index is 0.195. The van der Waals surface area contributed by atoms with Crippen molar-refractivity contribution in [3.8, 4) is 0 Å². The van der Waals surface area contributed by atoms with Crippen molar-refractivity contribution in [1.29, 1.82) is 0 Å². The van der Waals surface area contributed by atoms with E-state index in [1.54, 1.807) is 0 Å². The molecule has 0 aromatic carbocycles. The lowest BCUT2D eigenvalue weighted by Crippen LogP contribution is -2.46. The maximum absolute atomic E-state index is 6.18. The van der Waals surface area contributed by atoms with E-state index in [0.717, 1.165) is 44.7 Å². The molecule has 0 radical (unpaired) electrons. The summed E-state index contributed by atoms with van der Waals surface area (Å²) in [5.74, 6) is 0. The Bertz CT molecular complexity index is 204. The molecule has 0 saturated carbocycles. The monoisotopic (exact) mass is 306 g/mol. The van der Waals surface area contributed by atoms with Crippen LogP contribution in [0.5, 0.6) is 0 Å². The lowest BCUT2D eigenvalue weighted by molar-refractivity contribution is 0.0702. The van der Waals surface area contributed by atoms with Gasteiger partial charge in [0, 0.05) is 31.9 Å². The van der Waals surface area contributed by atoms with Crippen LogP contribution >= 0.6 is 0 Å². The predicted octanol–water partition coefficient (Wildman–Crippen LogP) is 2.27. The van der Waals surface area contributed by atoms with Gasteiger partial charge in [0.15, 0.2) is 0 Å². The highest BCUT2D eigenvalue weighted by Crippen LogP contribution is 2.20. The quantitative estimate of drug-likeness (QED) is 0.380. The largest absolute Gasteiger partial charge is 0.500 e. The molecule has 0 bridgehead atoms. The summed E-state index contributed by atoms with van der Waals surface area (Å²) in [5, 5.41) is 0. The second kappa shape index (κ2) is 12.7. The zero-order valence-electron chi connectivity index (χ0n) is 13.5. The highest BCUT2D eigenvalue weighted by molar-refractivity contribution is 6.60. The number of rotatable bonds is 14. The summed E-state index contributed by atoms with van der Waals surface area (Å²) in [6.07, 6.45) is 5.33. The van der Waals surface area contributed by atoms with Gasteiger partial charge in [0.2, 0.25) is 0 Å². The second-order valence-electron chi connectivity index (χ2n) is 4.92. The molecule has 0 aromatic heterocycles. The normalized spacial score (nSPS) is 13.7. The highest BCUT2D eigenvalue weighted by atomic mass is 28.4. The third kappa shape index (κ3) is 9.04. The fourth-order valence-corrected chi connectivity index (χ4v) is 4.96. The van der Waals surface area contributed by atoms with Gasteiger partial charge in [-0.1, -0.05) is 12.8 Å². The van der Waals surface area contributed by atoms with Crippen LogP contribution in [0.3, 0.4) is 0 Å². The Balaban J connectivity index is 4.14. The van der Waals surface area contributed by atoms with Gasteiger partial charge in [-0.15, -0.1) is 0 Å². The van der Waals surface area contributed by atoms with Crippen LogP contribution in [0.1, 0.15) is 52.9 Å². The van der Waals surface area contributed by atoms with Crippen molar-refractivity contribution in [1.82, 2.24) is 0 Å². The van der Waals surface area contributed by atoms with E-state index in [9.17, 15) is 0 Å². The third-order valence-corrected chi connectivity index (χ3v) is 6.28. The van der Waals surface area contributed by atoms with E-state index < -0.39 is 8.80 Å². The van der Waals surface area contributed by atoms with Crippen LogP contribution in [0.25, 0.3) is 0 Å². The Labute approximate surface area is 125 Å². The second-order valence-corrected chi connectivity index (χ2v) is 7.65. The van der Waals surface area contributed by atoms with Crippen molar-refractivity contribution in [3.63, 3.8) is 0 Å². The van der Waals surface area contributed by atoms with Gasteiger partial charge in [0.1, 0.15) is 0 Å². The molecule has 1 atom stereocenters. The molecule has 0 aliphatic rings. The Morgan fingerprint density at radius 1 is 0.850 bits per heavy atom. The number of hydrogen-bond donors (Lipinski definition) is 2. The van der Waals surface area contributed by atoms with Crippen molar-refractivity contribution in [3.05, 3.63) is 0 Å². The number of hydrogen-bond acceptors (Lipinski definition) is 5. The van der Waals surface area contributed by atoms with Crippen LogP contribution in [0.15, 0.2) is 0 Å². The van der Waals surface area contributed by atoms with Crippen molar-refractivity contribution < 1.29 is 13.3 Å². The van der Waals surface area contributed by atoms with E-state index in [0.29, 0.717) is 19.8 Å². The molecule has 0 aliphatic carbocycles. The predicted molar refractivity (Wildman–Crippen MR) is 85.6 cm³/mol. The molecule has 0 amide bonds. The Hall–Kier alpha value is 0.0169. The van der Waals surface area contributed by atoms with Gasteiger partial charge >= 0.3 is 8.80 Å². The molecule has 0 aromatic rings. The van der Waals surface area contributed by atoms with Gasteiger partial charge in [-0.2, -0.15) is 0 Å². The lowest BCUT2D eigenvalue weighted by atomic mass is 10.1. The zero-order valence-corrected chi connectivity index (χ0v) is 14.5. The molecule has 122 valence electrons. The van der Waals surface area contributed by atoms with E-state index in [2.05, 4.69) is 0 Å². The lowest BCUT2D eigenvalue weighted by Gasteiger charge is -2.29. The van der Waals surface area contributed by atoms with Gasteiger partial charge in [-0.05, 0) is 46.6 Å². The molecule has 0 heterocycles. The van der Waals surface area contributed by atoms with Gasteiger partial charge < -0.3 is 24.7 Å². The summed E-state index contributed by atoms with van der Waals surface area (Å²) in [5.41, 5.74) is 11.7. The van der Waals surface area contributed by atoms with Gasteiger partial charge in [-0.3, -0.25) is 0 Å². The fraction of sp³-hybridized carbons (Fsp3) is 1.00. The standard InChI is InChI=1S/C14H34N2O3Si/c1-4-17-20(18-5-2,19-6-3)13-11-14(16)10-8-7-9-12-15/h14H,4-13,15-16H2,1-3H3. The van der Waals surface area contributed by atoms with Crippen molar-refractivity contribution in [2.75, 3.05) is 26.4 Å². The number of nitrogens with two attached hydrogens (primary N) is 2. The topological polar surface area (TPSA) is 79.7 Å². The number of unbranched alkanes of at least 4 members (excludes halogenated alkanes) is 2. The summed E-state index contributed by atoms with van der Waals surface area (Å²) >= 11 is 0. The van der Waals surface area contributed by atoms with Crippen LogP contribution in [0.4, 0.5) is 0 Å². The molecule has 0 rings (SSSR count). The van der Waals surface area contributed by atoms with Crippen LogP contribution < -0.4 is 11.5 Å². The average molecular weight is 307 g/mol. The summed E-state index contributed by atoms with van der Waals surface area (Å²) in [4.78, 5) is 0. The maximum Gasteiger partial charge on any atom is 0.500 e. The first-order chi connectivity index (χ1) is 9.64. The summed E-state index contributed by atoms with van der Waals surface area (Å²) in [7, 11) is -2.51.